The summed E-state index contributed by atoms with van der Waals surface area (Å²) in [6.45, 7) is 5.19. The Hall–Kier alpha value is -1.32. The summed E-state index contributed by atoms with van der Waals surface area (Å²) >= 11 is 6.44. The first kappa shape index (κ1) is 16.1. The maximum absolute atomic E-state index is 6.44. The molecule has 1 aromatic carbocycles. The average Bonchev–Trinajstić information content (AvgIpc) is 2.73. The lowest BCUT2D eigenvalue weighted by Crippen LogP contribution is -2.38. The van der Waals surface area contributed by atoms with E-state index < -0.39 is 0 Å². The zero-order valence-electron chi connectivity index (χ0n) is 13.3. The van der Waals surface area contributed by atoms with Crippen molar-refractivity contribution in [3.05, 3.63) is 52.3 Å². The van der Waals surface area contributed by atoms with Gasteiger partial charge in [-0.25, -0.2) is 0 Å². The highest BCUT2D eigenvalue weighted by molar-refractivity contribution is 6.30. The van der Waals surface area contributed by atoms with E-state index in [9.17, 15) is 0 Å². The van der Waals surface area contributed by atoms with Crippen LogP contribution in [0.1, 0.15) is 30.2 Å². The van der Waals surface area contributed by atoms with E-state index in [1.54, 1.807) is 4.68 Å². The Morgan fingerprint density at radius 2 is 1.95 bits per heavy atom. The molecule has 0 spiro atoms. The van der Waals surface area contributed by atoms with Gasteiger partial charge in [-0.3, -0.25) is 4.68 Å². The van der Waals surface area contributed by atoms with E-state index in [0.717, 1.165) is 35.8 Å². The van der Waals surface area contributed by atoms with Crippen molar-refractivity contribution in [1.82, 2.24) is 15.1 Å². The summed E-state index contributed by atoms with van der Waals surface area (Å²) < 4.78 is 1.76. The predicted octanol–water partition coefficient (Wildman–Crippen LogP) is 3.49. The summed E-state index contributed by atoms with van der Waals surface area (Å²) in [6, 6.07) is 10.7. The second kappa shape index (κ2) is 6.63. The third kappa shape index (κ3) is 3.14. The average molecular weight is 306 g/mol. The van der Waals surface area contributed by atoms with Crippen LogP contribution in [0.15, 0.2) is 30.3 Å². The summed E-state index contributed by atoms with van der Waals surface area (Å²) in [5.74, 6) is 0. The number of likely N-dealkylation sites (N-methyl/N-ethyl adjacent to an activating group) is 1. The van der Waals surface area contributed by atoms with Crippen molar-refractivity contribution >= 4 is 11.6 Å². The van der Waals surface area contributed by atoms with Crippen molar-refractivity contribution < 1.29 is 0 Å². The first-order valence-electron chi connectivity index (χ1n) is 7.42. The quantitative estimate of drug-likeness (QED) is 0.885. The van der Waals surface area contributed by atoms with Crippen LogP contribution in [-0.4, -0.2) is 23.4 Å². The zero-order valence-corrected chi connectivity index (χ0v) is 14.0. The van der Waals surface area contributed by atoms with E-state index in [4.69, 9.17) is 11.6 Å². The van der Waals surface area contributed by atoms with Gasteiger partial charge in [0.2, 0.25) is 0 Å². The Kier molecular flexibility index (Phi) is 5.07. The van der Waals surface area contributed by atoms with E-state index in [1.807, 2.05) is 21.0 Å². The van der Waals surface area contributed by atoms with Crippen LogP contribution >= 0.6 is 11.6 Å². The van der Waals surface area contributed by atoms with Gasteiger partial charge in [-0.2, -0.15) is 5.10 Å². The number of aromatic nitrogens is 2. The van der Waals surface area contributed by atoms with Gasteiger partial charge in [-0.15, -0.1) is 0 Å². The van der Waals surface area contributed by atoms with Gasteiger partial charge in [0.1, 0.15) is 5.15 Å². The number of nitrogens with one attached hydrogen (secondary N) is 1. The molecular formula is C17H24ClN3. The maximum atomic E-state index is 6.44. The Bertz CT molecular complexity index is 592. The predicted molar refractivity (Wildman–Crippen MR) is 89.0 cm³/mol. The third-order valence-corrected chi connectivity index (χ3v) is 4.84. The summed E-state index contributed by atoms with van der Waals surface area (Å²) in [4.78, 5) is 0. The molecule has 1 aromatic heterocycles. The highest BCUT2D eigenvalue weighted by atomic mass is 35.5. The highest BCUT2D eigenvalue weighted by Crippen LogP contribution is 2.34. The molecular weight excluding hydrogens is 282 g/mol. The smallest absolute Gasteiger partial charge is 0.130 e. The van der Waals surface area contributed by atoms with E-state index in [1.165, 1.54) is 5.56 Å². The highest BCUT2D eigenvalue weighted by Gasteiger charge is 2.32. The summed E-state index contributed by atoms with van der Waals surface area (Å²) in [5.41, 5.74) is 3.56. The summed E-state index contributed by atoms with van der Waals surface area (Å²) in [5, 5.41) is 8.55. The van der Waals surface area contributed by atoms with Crippen molar-refractivity contribution in [2.24, 2.45) is 7.05 Å². The molecule has 0 bridgehead atoms. The SMILES string of the molecule is CCC(CNC)(Cc1c(C)nn(C)c1Cl)c1ccccc1. The van der Waals surface area contributed by atoms with Crippen molar-refractivity contribution in [3.63, 3.8) is 0 Å². The third-order valence-electron chi connectivity index (χ3n) is 4.36. The Balaban J connectivity index is 2.46. The molecule has 0 aliphatic heterocycles. The molecule has 0 saturated heterocycles. The molecule has 0 radical (unpaired) electrons. The minimum atomic E-state index is 0.0352. The van der Waals surface area contributed by atoms with E-state index in [2.05, 4.69) is 47.7 Å². The van der Waals surface area contributed by atoms with Crippen molar-refractivity contribution in [1.29, 1.82) is 0 Å². The molecule has 1 unspecified atom stereocenters. The molecule has 114 valence electrons. The van der Waals surface area contributed by atoms with Gasteiger partial charge in [0.05, 0.1) is 5.69 Å². The fourth-order valence-electron chi connectivity index (χ4n) is 3.06. The monoisotopic (exact) mass is 305 g/mol. The zero-order chi connectivity index (χ0) is 15.5. The summed E-state index contributed by atoms with van der Waals surface area (Å²) in [6.07, 6.45) is 1.94. The first-order chi connectivity index (χ1) is 10.0. The van der Waals surface area contributed by atoms with Crippen molar-refractivity contribution in [3.8, 4) is 0 Å². The standard InChI is InChI=1S/C17H24ClN3/c1-5-17(12-19-3,14-9-7-6-8-10-14)11-15-13(2)20-21(4)16(15)18/h6-10,19H,5,11-12H2,1-4H3. The van der Waals surface area contributed by atoms with Gasteiger partial charge < -0.3 is 5.32 Å². The number of nitrogens with zero attached hydrogens (tertiary/aromatic N) is 2. The lowest BCUT2D eigenvalue weighted by atomic mass is 9.73. The molecule has 2 aromatic rings. The molecule has 1 N–H and O–H groups in total. The van der Waals surface area contributed by atoms with Crippen molar-refractivity contribution in [2.45, 2.75) is 32.1 Å². The van der Waals surface area contributed by atoms with Crippen LogP contribution in [0.25, 0.3) is 0 Å². The van der Waals surface area contributed by atoms with Gasteiger partial charge >= 0.3 is 0 Å². The number of rotatable bonds is 6. The first-order valence-corrected chi connectivity index (χ1v) is 7.80. The molecule has 3 nitrogen and oxygen atoms in total. The van der Waals surface area contributed by atoms with Gasteiger partial charge in [-0.05, 0) is 32.4 Å². The topological polar surface area (TPSA) is 29.9 Å². The van der Waals surface area contributed by atoms with Gasteiger partial charge in [0, 0.05) is 24.6 Å². The fraction of sp³-hybridized carbons (Fsp3) is 0.471. The molecule has 0 aliphatic rings. The van der Waals surface area contributed by atoms with E-state index in [-0.39, 0.29) is 5.41 Å². The van der Waals surface area contributed by atoms with E-state index >= 15 is 0 Å². The fourth-order valence-corrected chi connectivity index (χ4v) is 3.31. The van der Waals surface area contributed by atoms with Gasteiger partial charge in [-0.1, -0.05) is 48.9 Å². The number of aryl methyl sites for hydroxylation is 2. The lowest BCUT2D eigenvalue weighted by molar-refractivity contribution is 0.390. The number of halogens is 1. The molecule has 0 aliphatic carbocycles. The number of hydrogen-bond donors (Lipinski definition) is 1. The van der Waals surface area contributed by atoms with Gasteiger partial charge in [0.25, 0.3) is 0 Å². The molecule has 0 saturated carbocycles. The van der Waals surface area contributed by atoms with Crippen LogP contribution in [0.4, 0.5) is 0 Å². The lowest BCUT2D eigenvalue weighted by Gasteiger charge is -2.33. The molecule has 1 atom stereocenters. The van der Waals surface area contributed by atoms with Crippen LogP contribution in [0.3, 0.4) is 0 Å². The van der Waals surface area contributed by atoms with Crippen LogP contribution in [0, 0.1) is 6.92 Å². The summed E-state index contributed by atoms with van der Waals surface area (Å²) in [7, 11) is 3.90. The largest absolute Gasteiger partial charge is 0.319 e. The normalized spacial score (nSPS) is 14.1. The Morgan fingerprint density at radius 3 is 2.43 bits per heavy atom. The number of hydrogen-bond acceptors (Lipinski definition) is 2. The second-order valence-corrected chi connectivity index (χ2v) is 6.04. The van der Waals surface area contributed by atoms with Gasteiger partial charge in [0.15, 0.2) is 0 Å². The van der Waals surface area contributed by atoms with Crippen LogP contribution < -0.4 is 5.32 Å². The van der Waals surface area contributed by atoms with Crippen LogP contribution in [0.2, 0.25) is 5.15 Å². The van der Waals surface area contributed by atoms with Crippen LogP contribution in [-0.2, 0) is 18.9 Å². The van der Waals surface area contributed by atoms with E-state index in [0.29, 0.717) is 0 Å². The minimum Gasteiger partial charge on any atom is -0.319 e. The maximum Gasteiger partial charge on any atom is 0.130 e. The molecule has 2 rings (SSSR count). The second-order valence-electron chi connectivity index (χ2n) is 5.69. The molecule has 0 amide bonds. The molecule has 0 fully saturated rings. The molecule has 1 heterocycles. The Morgan fingerprint density at radius 1 is 1.29 bits per heavy atom. The van der Waals surface area contributed by atoms with Crippen molar-refractivity contribution in [2.75, 3.05) is 13.6 Å². The van der Waals surface area contributed by atoms with Crippen LogP contribution in [0.5, 0.6) is 0 Å². The number of benzene rings is 1. The molecule has 21 heavy (non-hydrogen) atoms. The minimum absolute atomic E-state index is 0.0352. The molecule has 4 heteroatoms. The Labute approximate surface area is 132 Å².